The van der Waals surface area contributed by atoms with Crippen molar-refractivity contribution in [1.82, 2.24) is 0 Å². The van der Waals surface area contributed by atoms with E-state index in [4.69, 9.17) is 14.7 Å². The van der Waals surface area contributed by atoms with Crippen molar-refractivity contribution in [1.29, 1.82) is 5.26 Å². The topological polar surface area (TPSA) is 54.3 Å². The molecule has 0 saturated carbocycles. The zero-order valence-electron chi connectivity index (χ0n) is 11.4. The van der Waals surface area contributed by atoms with Crippen molar-refractivity contribution < 1.29 is 13.9 Å². The minimum atomic E-state index is -0.532. The number of benzene rings is 2. The Morgan fingerprint density at radius 1 is 1.14 bits per heavy atom. The molecule has 0 aliphatic carbocycles. The third-order valence-corrected chi connectivity index (χ3v) is 3.61. The quantitative estimate of drug-likeness (QED) is 0.896. The largest absolute Gasteiger partial charge is 0.497 e. The molecule has 108 valence electrons. The summed E-state index contributed by atoms with van der Waals surface area (Å²) in [5.74, 6) is 0.644. The number of anilines is 2. The van der Waals surface area contributed by atoms with Gasteiger partial charge in [-0.2, -0.15) is 5.26 Å². The molecule has 0 radical (unpaired) electrons. The predicted octanol–water partition coefficient (Wildman–Crippen LogP) is 4.22. The van der Waals surface area contributed by atoms with Crippen molar-refractivity contribution in [3.05, 3.63) is 46.2 Å². The Balaban J connectivity index is 2.39. The van der Waals surface area contributed by atoms with Gasteiger partial charge in [-0.15, -0.1) is 0 Å². The van der Waals surface area contributed by atoms with Gasteiger partial charge in [0.25, 0.3) is 0 Å². The maximum Gasteiger partial charge on any atom is 0.162 e. The molecule has 0 saturated heterocycles. The second-order valence-electron chi connectivity index (χ2n) is 4.13. The first-order valence-corrected chi connectivity index (χ1v) is 6.76. The maximum absolute atomic E-state index is 14.2. The monoisotopic (exact) mass is 350 g/mol. The van der Waals surface area contributed by atoms with Crippen LogP contribution in [0.2, 0.25) is 0 Å². The first-order valence-electron chi connectivity index (χ1n) is 5.97. The van der Waals surface area contributed by atoms with Crippen LogP contribution in [-0.2, 0) is 0 Å². The van der Waals surface area contributed by atoms with Gasteiger partial charge < -0.3 is 14.8 Å². The summed E-state index contributed by atoms with van der Waals surface area (Å²) < 4.78 is 24.6. The highest BCUT2D eigenvalue weighted by molar-refractivity contribution is 9.10. The molecule has 2 aromatic carbocycles. The molecular weight excluding hydrogens is 339 g/mol. The van der Waals surface area contributed by atoms with Crippen LogP contribution in [0, 0.1) is 17.1 Å². The summed E-state index contributed by atoms with van der Waals surface area (Å²) in [5, 5.41) is 11.8. The van der Waals surface area contributed by atoms with Crippen molar-refractivity contribution in [2.75, 3.05) is 19.5 Å². The zero-order valence-corrected chi connectivity index (χ0v) is 13.0. The fourth-order valence-electron chi connectivity index (χ4n) is 1.77. The number of methoxy groups -OCH3 is 2. The highest BCUT2D eigenvalue weighted by Crippen LogP contribution is 2.32. The second kappa shape index (κ2) is 6.46. The van der Waals surface area contributed by atoms with E-state index in [1.54, 1.807) is 18.2 Å². The molecule has 2 rings (SSSR count). The molecule has 0 atom stereocenters. The molecule has 0 bridgehead atoms. The van der Waals surface area contributed by atoms with E-state index in [2.05, 4.69) is 21.2 Å². The van der Waals surface area contributed by atoms with Gasteiger partial charge >= 0.3 is 0 Å². The van der Waals surface area contributed by atoms with Gasteiger partial charge in [0.15, 0.2) is 5.82 Å². The van der Waals surface area contributed by atoms with Gasteiger partial charge in [-0.3, -0.25) is 0 Å². The van der Waals surface area contributed by atoms with Crippen molar-refractivity contribution in [3.8, 4) is 17.6 Å². The molecule has 0 heterocycles. The van der Waals surface area contributed by atoms with Crippen molar-refractivity contribution in [2.45, 2.75) is 0 Å². The number of rotatable bonds is 4. The molecule has 0 aromatic heterocycles. The normalized spacial score (nSPS) is 9.86. The van der Waals surface area contributed by atoms with E-state index in [0.29, 0.717) is 17.2 Å². The Bertz CT molecular complexity index is 691. The van der Waals surface area contributed by atoms with Crippen LogP contribution in [0.25, 0.3) is 0 Å². The molecule has 21 heavy (non-hydrogen) atoms. The van der Waals surface area contributed by atoms with Gasteiger partial charge in [-0.1, -0.05) is 0 Å². The summed E-state index contributed by atoms with van der Waals surface area (Å²) >= 11 is 3.07. The Labute approximate surface area is 130 Å². The molecule has 0 fully saturated rings. The minimum Gasteiger partial charge on any atom is -0.497 e. The molecule has 0 aliphatic rings. The average Bonchev–Trinajstić information content (AvgIpc) is 2.51. The lowest BCUT2D eigenvalue weighted by Crippen LogP contribution is -1.97. The fraction of sp³-hybridized carbons (Fsp3) is 0.133. The van der Waals surface area contributed by atoms with Crippen molar-refractivity contribution >= 4 is 27.3 Å². The lowest BCUT2D eigenvalue weighted by Gasteiger charge is -2.12. The number of halogens is 2. The first kappa shape index (κ1) is 15.1. The zero-order chi connectivity index (χ0) is 15.4. The van der Waals surface area contributed by atoms with Crippen LogP contribution in [0.1, 0.15) is 5.56 Å². The van der Waals surface area contributed by atoms with E-state index in [1.807, 2.05) is 6.07 Å². The van der Waals surface area contributed by atoms with Gasteiger partial charge in [0.1, 0.15) is 17.6 Å². The van der Waals surface area contributed by atoms with Crippen LogP contribution in [0.4, 0.5) is 15.8 Å². The molecule has 2 aromatic rings. The van der Waals surface area contributed by atoms with Crippen LogP contribution in [0.5, 0.6) is 11.5 Å². The summed E-state index contributed by atoms with van der Waals surface area (Å²) in [4.78, 5) is 0. The standard InChI is InChI=1S/C15H12BrFN2O2/c1-20-11-5-10(6-12(7-11)21-2)19-13-4-3-9(8-18)14(16)15(13)17/h3-7,19H,1-2H3. The van der Waals surface area contributed by atoms with E-state index in [1.165, 1.54) is 26.4 Å². The molecule has 6 heteroatoms. The number of nitriles is 1. The van der Waals surface area contributed by atoms with Crippen LogP contribution < -0.4 is 14.8 Å². The van der Waals surface area contributed by atoms with E-state index in [0.717, 1.165) is 0 Å². The molecule has 0 aliphatic heterocycles. The van der Waals surface area contributed by atoms with Gasteiger partial charge in [-0.05, 0) is 28.1 Å². The third-order valence-electron chi connectivity index (χ3n) is 2.83. The summed E-state index contributed by atoms with van der Waals surface area (Å²) in [6, 6.07) is 10.1. The number of hydrogen-bond acceptors (Lipinski definition) is 4. The van der Waals surface area contributed by atoms with Gasteiger partial charge in [-0.25, -0.2) is 4.39 Å². The van der Waals surface area contributed by atoms with E-state index in [-0.39, 0.29) is 15.7 Å². The Hall–Kier alpha value is -2.26. The SMILES string of the molecule is COc1cc(Nc2ccc(C#N)c(Br)c2F)cc(OC)c1. The number of hydrogen-bond donors (Lipinski definition) is 1. The highest BCUT2D eigenvalue weighted by atomic mass is 79.9. The van der Waals surface area contributed by atoms with Crippen molar-refractivity contribution in [3.63, 3.8) is 0 Å². The molecule has 0 amide bonds. The summed E-state index contributed by atoms with van der Waals surface area (Å²) in [5.41, 5.74) is 1.10. The molecule has 1 N–H and O–H groups in total. The molecular formula is C15H12BrFN2O2. The predicted molar refractivity (Wildman–Crippen MR) is 81.6 cm³/mol. The minimum absolute atomic E-state index is 0.130. The van der Waals surface area contributed by atoms with Gasteiger partial charge in [0.2, 0.25) is 0 Å². The van der Waals surface area contributed by atoms with E-state index in [9.17, 15) is 4.39 Å². The number of nitrogens with one attached hydrogen (secondary N) is 1. The third kappa shape index (κ3) is 3.26. The highest BCUT2D eigenvalue weighted by Gasteiger charge is 2.12. The average molecular weight is 351 g/mol. The Morgan fingerprint density at radius 3 is 2.29 bits per heavy atom. The van der Waals surface area contributed by atoms with E-state index >= 15 is 0 Å². The number of ether oxygens (including phenoxy) is 2. The van der Waals surface area contributed by atoms with Crippen LogP contribution in [0.15, 0.2) is 34.8 Å². The van der Waals surface area contributed by atoms with Crippen LogP contribution in [0.3, 0.4) is 0 Å². The number of nitrogens with zero attached hydrogens (tertiary/aromatic N) is 1. The smallest absolute Gasteiger partial charge is 0.162 e. The molecule has 4 nitrogen and oxygen atoms in total. The van der Waals surface area contributed by atoms with Crippen LogP contribution in [-0.4, -0.2) is 14.2 Å². The second-order valence-corrected chi connectivity index (χ2v) is 4.92. The maximum atomic E-state index is 14.2. The first-order chi connectivity index (χ1) is 10.1. The van der Waals surface area contributed by atoms with Gasteiger partial charge in [0.05, 0.1) is 29.9 Å². The summed E-state index contributed by atoms with van der Waals surface area (Å²) in [6.07, 6.45) is 0. The molecule has 0 spiro atoms. The van der Waals surface area contributed by atoms with E-state index < -0.39 is 5.82 Å². The van der Waals surface area contributed by atoms with Gasteiger partial charge in [0, 0.05) is 23.9 Å². The fourth-order valence-corrected chi connectivity index (χ4v) is 2.20. The Morgan fingerprint density at radius 2 is 1.76 bits per heavy atom. The lowest BCUT2D eigenvalue weighted by atomic mass is 10.2. The molecule has 0 unspecified atom stereocenters. The Kier molecular flexibility index (Phi) is 4.66. The lowest BCUT2D eigenvalue weighted by molar-refractivity contribution is 0.395. The van der Waals surface area contributed by atoms with Crippen molar-refractivity contribution in [2.24, 2.45) is 0 Å². The summed E-state index contributed by atoms with van der Waals surface area (Å²) in [7, 11) is 3.08. The summed E-state index contributed by atoms with van der Waals surface area (Å²) in [6.45, 7) is 0. The van der Waals surface area contributed by atoms with Crippen LogP contribution >= 0.6 is 15.9 Å².